The van der Waals surface area contributed by atoms with Crippen molar-refractivity contribution in [2.75, 3.05) is 4.90 Å². The summed E-state index contributed by atoms with van der Waals surface area (Å²) in [7, 11) is 0. The highest BCUT2D eigenvalue weighted by molar-refractivity contribution is 9.12. The van der Waals surface area contributed by atoms with Crippen LogP contribution in [0.3, 0.4) is 0 Å². The number of benzene rings is 2. The molecule has 0 saturated carbocycles. The molecule has 4 atom stereocenters. The number of hydrogen-bond donors (Lipinski definition) is 1. The fraction of sp³-hybridized carbons (Fsp3) is 0.214. The van der Waals surface area contributed by atoms with Crippen molar-refractivity contribution >= 4 is 45.0 Å². The van der Waals surface area contributed by atoms with E-state index in [0.29, 0.717) is 11.3 Å². The molecule has 180 valence electrons. The van der Waals surface area contributed by atoms with Crippen LogP contribution in [0.1, 0.15) is 24.3 Å². The number of hydrogen-bond acceptors (Lipinski definition) is 5. The van der Waals surface area contributed by atoms with E-state index in [-0.39, 0.29) is 51.6 Å². The minimum atomic E-state index is -0.905. The van der Waals surface area contributed by atoms with Crippen molar-refractivity contribution in [3.05, 3.63) is 93.3 Å². The van der Waals surface area contributed by atoms with Crippen molar-refractivity contribution in [2.45, 2.75) is 18.8 Å². The Bertz CT molecular complexity index is 1470. The Labute approximate surface area is 213 Å². The zero-order chi connectivity index (χ0) is 25.3. The SMILES string of the molecule is O=C1C=C(Br)C(=O)C2=C1C(c1cccc(F)c1O)C1=CCC3C(=O)N(c4ccccc4)C(=O)C3C1C2. The molecule has 4 unspecified atom stereocenters. The van der Waals surface area contributed by atoms with Crippen LogP contribution in [0.15, 0.2) is 81.9 Å². The molecule has 6 nitrogen and oxygen atoms in total. The quantitative estimate of drug-likeness (QED) is 0.339. The molecular weight excluding hydrogens is 529 g/mol. The summed E-state index contributed by atoms with van der Waals surface area (Å²) < 4.78 is 14.5. The van der Waals surface area contributed by atoms with Gasteiger partial charge in [-0.3, -0.25) is 24.1 Å². The summed E-state index contributed by atoms with van der Waals surface area (Å²) in [5.74, 6) is -5.72. The number of Topliss-reactive ketones (excluding diaryl/α,β-unsaturated/α-hetero) is 1. The lowest BCUT2D eigenvalue weighted by molar-refractivity contribution is -0.123. The minimum absolute atomic E-state index is 0.101. The number of rotatable bonds is 2. The maximum absolute atomic E-state index is 14.4. The van der Waals surface area contributed by atoms with Gasteiger partial charge in [0, 0.05) is 28.7 Å². The average Bonchev–Trinajstić information content (AvgIpc) is 3.13. The lowest BCUT2D eigenvalue weighted by atomic mass is 9.59. The van der Waals surface area contributed by atoms with Gasteiger partial charge in [0.15, 0.2) is 23.1 Å². The van der Waals surface area contributed by atoms with E-state index in [4.69, 9.17) is 0 Å². The van der Waals surface area contributed by atoms with Gasteiger partial charge in [0.05, 0.1) is 22.0 Å². The van der Waals surface area contributed by atoms with Crippen molar-refractivity contribution < 1.29 is 28.7 Å². The molecule has 4 aliphatic rings. The standard InChI is InChI=1S/C28H19BrFNO5/c29-19-12-21(32)24-18(25(19)33)11-17-14(22(24)15-7-4-8-20(30)26(15)34)9-10-16-23(17)28(36)31(27(16)35)13-5-2-1-3-6-13/h1-9,12,16-17,22-23,34H,10-11H2. The Morgan fingerprint density at radius 2 is 1.69 bits per heavy atom. The summed E-state index contributed by atoms with van der Waals surface area (Å²) in [6.45, 7) is 0. The number of aromatic hydroxyl groups is 1. The number of para-hydroxylation sites is 2. The van der Waals surface area contributed by atoms with Crippen molar-refractivity contribution in [3.8, 4) is 5.75 Å². The number of phenolic OH excluding ortho intramolecular Hbond substituents is 1. The van der Waals surface area contributed by atoms with E-state index < -0.39 is 41.0 Å². The summed E-state index contributed by atoms with van der Waals surface area (Å²) in [6.07, 6.45) is 3.39. The molecule has 3 aliphatic carbocycles. The van der Waals surface area contributed by atoms with Crippen LogP contribution in [0.4, 0.5) is 10.1 Å². The lowest BCUT2D eigenvalue weighted by Gasteiger charge is -2.42. The number of ketones is 2. The van der Waals surface area contributed by atoms with Gasteiger partial charge in [-0.2, -0.15) is 0 Å². The molecule has 1 saturated heterocycles. The van der Waals surface area contributed by atoms with E-state index in [2.05, 4.69) is 15.9 Å². The molecule has 0 aromatic heterocycles. The number of carbonyl (C=O) groups is 4. The molecule has 1 N–H and O–H groups in total. The predicted molar refractivity (Wildman–Crippen MR) is 132 cm³/mol. The molecule has 1 fully saturated rings. The monoisotopic (exact) mass is 547 g/mol. The minimum Gasteiger partial charge on any atom is -0.505 e. The number of imide groups is 1. The van der Waals surface area contributed by atoms with Gasteiger partial charge in [-0.1, -0.05) is 42.0 Å². The number of halogens is 2. The molecule has 2 amide bonds. The summed E-state index contributed by atoms with van der Waals surface area (Å²) in [4.78, 5) is 54.6. The molecule has 0 bridgehead atoms. The second kappa shape index (κ2) is 8.20. The first-order valence-corrected chi connectivity index (χ1v) is 12.4. The smallest absolute Gasteiger partial charge is 0.238 e. The molecular formula is C28H19BrFNO5. The fourth-order valence-electron chi connectivity index (χ4n) is 6.16. The number of amides is 2. The van der Waals surface area contributed by atoms with Crippen molar-refractivity contribution in [3.63, 3.8) is 0 Å². The fourth-order valence-corrected chi connectivity index (χ4v) is 6.61. The molecule has 6 rings (SSSR count). The van der Waals surface area contributed by atoms with Crippen LogP contribution in [-0.2, 0) is 19.2 Å². The van der Waals surface area contributed by atoms with Gasteiger partial charge in [-0.15, -0.1) is 0 Å². The number of phenols is 1. The summed E-state index contributed by atoms with van der Waals surface area (Å²) in [5, 5.41) is 10.6. The molecule has 2 aromatic carbocycles. The maximum atomic E-state index is 14.4. The van der Waals surface area contributed by atoms with E-state index in [1.165, 1.54) is 23.1 Å². The second-order valence-electron chi connectivity index (χ2n) is 9.42. The average molecular weight is 548 g/mol. The van der Waals surface area contributed by atoms with Crippen LogP contribution in [0.2, 0.25) is 0 Å². The van der Waals surface area contributed by atoms with E-state index in [9.17, 15) is 28.7 Å². The Morgan fingerprint density at radius 1 is 0.944 bits per heavy atom. The number of fused-ring (bicyclic) bond motifs is 3. The van der Waals surface area contributed by atoms with Crippen LogP contribution >= 0.6 is 15.9 Å². The van der Waals surface area contributed by atoms with E-state index in [1.54, 1.807) is 30.3 Å². The van der Waals surface area contributed by atoms with Gasteiger partial charge in [-0.25, -0.2) is 4.39 Å². The van der Waals surface area contributed by atoms with Gasteiger partial charge in [-0.05, 0) is 52.9 Å². The lowest BCUT2D eigenvalue weighted by Crippen LogP contribution is -2.39. The number of nitrogens with zero attached hydrogens (tertiary/aromatic N) is 1. The number of carbonyl (C=O) groups excluding carboxylic acids is 4. The zero-order valence-corrected chi connectivity index (χ0v) is 20.4. The van der Waals surface area contributed by atoms with Gasteiger partial charge in [0.25, 0.3) is 0 Å². The van der Waals surface area contributed by atoms with Gasteiger partial charge in [0.1, 0.15) is 0 Å². The van der Waals surface area contributed by atoms with Crippen LogP contribution in [0, 0.1) is 23.6 Å². The first-order chi connectivity index (χ1) is 17.3. The molecule has 1 heterocycles. The largest absolute Gasteiger partial charge is 0.505 e. The second-order valence-corrected chi connectivity index (χ2v) is 10.3. The molecule has 0 radical (unpaired) electrons. The Kier molecular flexibility index (Phi) is 5.19. The number of anilines is 1. The molecule has 36 heavy (non-hydrogen) atoms. The maximum Gasteiger partial charge on any atom is 0.238 e. The third-order valence-corrected chi connectivity index (χ3v) is 8.26. The van der Waals surface area contributed by atoms with Crippen LogP contribution < -0.4 is 4.90 Å². The molecule has 2 aromatic rings. The molecule has 8 heteroatoms. The van der Waals surface area contributed by atoms with Crippen molar-refractivity contribution in [1.82, 2.24) is 0 Å². The van der Waals surface area contributed by atoms with Crippen LogP contribution in [-0.4, -0.2) is 28.5 Å². The van der Waals surface area contributed by atoms with Gasteiger partial charge in [0.2, 0.25) is 11.8 Å². The highest BCUT2D eigenvalue weighted by Crippen LogP contribution is 2.56. The Morgan fingerprint density at radius 3 is 2.44 bits per heavy atom. The van der Waals surface area contributed by atoms with Gasteiger partial charge < -0.3 is 5.11 Å². The van der Waals surface area contributed by atoms with Crippen LogP contribution in [0.5, 0.6) is 5.75 Å². The first kappa shape index (κ1) is 22.8. The number of allylic oxidation sites excluding steroid dienone is 6. The van der Waals surface area contributed by atoms with E-state index in [0.717, 1.165) is 6.07 Å². The Balaban J connectivity index is 1.52. The van der Waals surface area contributed by atoms with Crippen molar-refractivity contribution in [2.24, 2.45) is 17.8 Å². The highest BCUT2D eigenvalue weighted by atomic mass is 79.9. The normalized spacial score (nSPS) is 27.4. The summed E-state index contributed by atoms with van der Waals surface area (Å²) >= 11 is 3.17. The topological polar surface area (TPSA) is 91.8 Å². The highest BCUT2D eigenvalue weighted by Gasteiger charge is 2.56. The third kappa shape index (κ3) is 3.13. The predicted octanol–water partition coefficient (Wildman–Crippen LogP) is 4.50. The first-order valence-electron chi connectivity index (χ1n) is 11.6. The van der Waals surface area contributed by atoms with Crippen LogP contribution in [0.25, 0.3) is 0 Å². The van der Waals surface area contributed by atoms with Crippen molar-refractivity contribution in [1.29, 1.82) is 0 Å². The molecule has 0 spiro atoms. The Hall–Kier alpha value is -3.65. The summed E-state index contributed by atoms with van der Waals surface area (Å²) in [6, 6.07) is 12.7. The van der Waals surface area contributed by atoms with E-state index >= 15 is 0 Å². The summed E-state index contributed by atoms with van der Waals surface area (Å²) in [5.41, 5.74) is 1.69. The zero-order valence-electron chi connectivity index (χ0n) is 18.8. The van der Waals surface area contributed by atoms with Gasteiger partial charge >= 0.3 is 0 Å². The third-order valence-electron chi connectivity index (χ3n) is 7.67. The van der Waals surface area contributed by atoms with E-state index in [1.807, 2.05) is 6.08 Å². The molecule has 1 aliphatic heterocycles.